The Balaban J connectivity index is 1.31. The predicted octanol–water partition coefficient (Wildman–Crippen LogP) is 8.99. The standard InChI is InChI=1S/C28H43FO/c1-2-3-4-22-30-28-19-17-27(18-20-28)26-15-13-25(14-16-26)12-11-24-9-7-23(8-10-24)6-5-21-29/h5,17-21,23-26H,2-4,6-16,22H2,1H3/t23-,24-,25-,26-. The fourth-order valence-corrected chi connectivity index (χ4v) is 5.63. The topological polar surface area (TPSA) is 9.23 Å². The SMILES string of the molecule is CCCCCOc1ccc([C@H]2CC[C@H](CC[C@H]3CC[C@H](CC=CF)CC3)CC2)cc1. The minimum absolute atomic E-state index is 0.721. The van der Waals surface area contributed by atoms with Crippen LogP contribution in [-0.4, -0.2) is 6.61 Å². The summed E-state index contributed by atoms with van der Waals surface area (Å²) in [6.45, 7) is 3.07. The maximum atomic E-state index is 12.2. The Morgan fingerprint density at radius 1 is 0.833 bits per heavy atom. The molecule has 0 bridgehead atoms. The van der Waals surface area contributed by atoms with E-state index in [9.17, 15) is 4.39 Å². The van der Waals surface area contributed by atoms with Gasteiger partial charge in [-0.1, -0.05) is 63.7 Å². The molecule has 30 heavy (non-hydrogen) atoms. The molecule has 0 aliphatic heterocycles. The fraction of sp³-hybridized carbons (Fsp3) is 0.714. The van der Waals surface area contributed by atoms with Gasteiger partial charge in [0.05, 0.1) is 12.9 Å². The Morgan fingerprint density at radius 3 is 2.03 bits per heavy atom. The van der Waals surface area contributed by atoms with Crippen molar-refractivity contribution in [2.24, 2.45) is 17.8 Å². The molecule has 1 aromatic carbocycles. The van der Waals surface area contributed by atoms with Gasteiger partial charge in [0.15, 0.2) is 0 Å². The van der Waals surface area contributed by atoms with Crippen molar-refractivity contribution >= 4 is 0 Å². The molecule has 0 atom stereocenters. The number of halogens is 1. The van der Waals surface area contributed by atoms with E-state index in [-0.39, 0.29) is 0 Å². The molecule has 3 rings (SSSR count). The number of allylic oxidation sites excluding steroid dienone is 1. The van der Waals surface area contributed by atoms with Crippen LogP contribution in [0.15, 0.2) is 36.7 Å². The van der Waals surface area contributed by atoms with E-state index in [4.69, 9.17) is 4.74 Å². The van der Waals surface area contributed by atoms with Crippen molar-refractivity contribution in [1.29, 1.82) is 0 Å². The van der Waals surface area contributed by atoms with Crippen molar-refractivity contribution in [2.75, 3.05) is 6.61 Å². The number of hydrogen-bond acceptors (Lipinski definition) is 1. The third-order valence-electron chi connectivity index (χ3n) is 7.72. The van der Waals surface area contributed by atoms with Crippen LogP contribution in [0.4, 0.5) is 4.39 Å². The van der Waals surface area contributed by atoms with Gasteiger partial charge in [0, 0.05) is 0 Å². The first-order valence-electron chi connectivity index (χ1n) is 12.8. The molecule has 0 N–H and O–H groups in total. The van der Waals surface area contributed by atoms with Gasteiger partial charge in [-0.25, -0.2) is 4.39 Å². The lowest BCUT2D eigenvalue weighted by Gasteiger charge is -2.32. The Morgan fingerprint density at radius 2 is 1.43 bits per heavy atom. The molecule has 0 aromatic heterocycles. The summed E-state index contributed by atoms with van der Waals surface area (Å²) in [5.74, 6) is 4.37. The molecule has 2 saturated carbocycles. The van der Waals surface area contributed by atoms with E-state index in [0.717, 1.165) is 55.2 Å². The minimum atomic E-state index is 0.721. The fourth-order valence-electron chi connectivity index (χ4n) is 5.63. The summed E-state index contributed by atoms with van der Waals surface area (Å²) in [4.78, 5) is 0. The van der Waals surface area contributed by atoms with E-state index in [1.165, 1.54) is 82.6 Å². The molecule has 0 saturated heterocycles. The van der Waals surface area contributed by atoms with Crippen LogP contribution in [0.1, 0.15) is 108 Å². The highest BCUT2D eigenvalue weighted by molar-refractivity contribution is 5.29. The van der Waals surface area contributed by atoms with E-state index < -0.39 is 0 Å². The maximum Gasteiger partial charge on any atom is 0.119 e. The smallest absolute Gasteiger partial charge is 0.119 e. The van der Waals surface area contributed by atoms with Crippen molar-refractivity contribution in [3.63, 3.8) is 0 Å². The second-order valence-corrected chi connectivity index (χ2v) is 9.90. The van der Waals surface area contributed by atoms with Crippen LogP contribution in [0, 0.1) is 17.8 Å². The Labute approximate surface area is 184 Å². The van der Waals surface area contributed by atoms with Gasteiger partial charge in [-0.15, -0.1) is 0 Å². The summed E-state index contributed by atoms with van der Waals surface area (Å²) < 4.78 is 18.1. The van der Waals surface area contributed by atoms with Crippen LogP contribution in [0.2, 0.25) is 0 Å². The summed E-state index contributed by atoms with van der Waals surface area (Å²) in [6.07, 6.45) is 20.7. The van der Waals surface area contributed by atoms with Crippen molar-refractivity contribution < 1.29 is 9.13 Å². The van der Waals surface area contributed by atoms with Gasteiger partial charge in [-0.05, 0) is 92.7 Å². The zero-order chi connectivity index (χ0) is 21.0. The third kappa shape index (κ3) is 7.75. The largest absolute Gasteiger partial charge is 0.494 e. The molecule has 2 aliphatic carbocycles. The minimum Gasteiger partial charge on any atom is -0.494 e. The van der Waals surface area contributed by atoms with E-state index >= 15 is 0 Å². The van der Waals surface area contributed by atoms with Crippen LogP contribution >= 0.6 is 0 Å². The lowest BCUT2D eigenvalue weighted by molar-refractivity contribution is 0.231. The average molecular weight is 415 g/mol. The van der Waals surface area contributed by atoms with Crippen molar-refractivity contribution in [3.8, 4) is 5.75 Å². The third-order valence-corrected chi connectivity index (χ3v) is 7.72. The van der Waals surface area contributed by atoms with Crippen molar-refractivity contribution in [2.45, 2.75) is 103 Å². The van der Waals surface area contributed by atoms with E-state index in [0.29, 0.717) is 0 Å². The summed E-state index contributed by atoms with van der Waals surface area (Å²) in [7, 11) is 0. The molecule has 0 spiro atoms. The van der Waals surface area contributed by atoms with E-state index in [1.807, 2.05) is 0 Å². The first-order valence-corrected chi connectivity index (χ1v) is 12.8. The highest BCUT2D eigenvalue weighted by atomic mass is 19.1. The Bertz CT molecular complexity index is 592. The Kier molecular flexibility index (Phi) is 10.3. The lowest BCUT2D eigenvalue weighted by Crippen LogP contribution is -2.17. The molecule has 0 heterocycles. The molecule has 2 aliphatic rings. The van der Waals surface area contributed by atoms with Crippen molar-refractivity contribution in [1.82, 2.24) is 0 Å². The molecule has 168 valence electrons. The number of unbranched alkanes of at least 4 members (excludes halogenated alkanes) is 2. The van der Waals surface area contributed by atoms with Crippen molar-refractivity contribution in [3.05, 3.63) is 42.2 Å². The highest BCUT2D eigenvalue weighted by Gasteiger charge is 2.25. The number of hydrogen-bond donors (Lipinski definition) is 0. The quantitative estimate of drug-likeness (QED) is 0.328. The lowest BCUT2D eigenvalue weighted by atomic mass is 9.74. The van der Waals surface area contributed by atoms with Crippen LogP contribution in [0.3, 0.4) is 0 Å². The monoisotopic (exact) mass is 414 g/mol. The molecule has 2 fully saturated rings. The number of benzene rings is 1. The molecule has 0 unspecified atom stereocenters. The first-order chi connectivity index (χ1) is 14.8. The Hall–Kier alpha value is -1.31. The second kappa shape index (κ2) is 13.2. The highest BCUT2D eigenvalue weighted by Crippen LogP contribution is 2.40. The molecular formula is C28H43FO. The average Bonchev–Trinajstić information content (AvgIpc) is 2.81. The van der Waals surface area contributed by atoms with Crippen LogP contribution in [0.25, 0.3) is 0 Å². The van der Waals surface area contributed by atoms with Gasteiger partial charge in [-0.2, -0.15) is 0 Å². The maximum absolute atomic E-state index is 12.2. The first kappa shape index (κ1) is 23.4. The summed E-state index contributed by atoms with van der Waals surface area (Å²) >= 11 is 0. The van der Waals surface area contributed by atoms with Gasteiger partial charge in [-0.3, -0.25) is 0 Å². The van der Waals surface area contributed by atoms with Gasteiger partial charge >= 0.3 is 0 Å². The number of rotatable bonds is 11. The zero-order valence-corrected chi connectivity index (χ0v) is 19.2. The van der Waals surface area contributed by atoms with Crippen LogP contribution in [-0.2, 0) is 0 Å². The van der Waals surface area contributed by atoms with Gasteiger partial charge in [0.25, 0.3) is 0 Å². The van der Waals surface area contributed by atoms with E-state index in [2.05, 4.69) is 31.2 Å². The van der Waals surface area contributed by atoms with Gasteiger partial charge < -0.3 is 4.74 Å². The molecular weight excluding hydrogens is 371 g/mol. The molecule has 0 radical (unpaired) electrons. The number of ether oxygens (including phenoxy) is 1. The molecule has 1 aromatic rings. The second-order valence-electron chi connectivity index (χ2n) is 9.90. The molecule has 1 nitrogen and oxygen atoms in total. The van der Waals surface area contributed by atoms with Gasteiger partial charge in [0.2, 0.25) is 0 Å². The summed E-state index contributed by atoms with van der Waals surface area (Å²) in [5, 5.41) is 0. The van der Waals surface area contributed by atoms with Crippen LogP contribution < -0.4 is 4.74 Å². The molecule has 0 amide bonds. The summed E-state index contributed by atoms with van der Waals surface area (Å²) in [5.41, 5.74) is 1.51. The predicted molar refractivity (Wildman–Crippen MR) is 126 cm³/mol. The van der Waals surface area contributed by atoms with E-state index in [1.54, 1.807) is 6.08 Å². The van der Waals surface area contributed by atoms with Gasteiger partial charge in [0.1, 0.15) is 5.75 Å². The summed E-state index contributed by atoms with van der Waals surface area (Å²) in [6, 6.07) is 8.95. The zero-order valence-electron chi connectivity index (χ0n) is 19.2. The normalized spacial score (nSPS) is 27.4. The van der Waals surface area contributed by atoms with Crippen LogP contribution in [0.5, 0.6) is 5.75 Å². The molecule has 2 heteroatoms.